The Labute approximate surface area is 163 Å². The number of benzene rings is 2. The van der Waals surface area contributed by atoms with Crippen LogP contribution in [0.1, 0.15) is 0 Å². The van der Waals surface area contributed by atoms with Gasteiger partial charge < -0.3 is 15.2 Å². The maximum Gasteiger partial charge on any atom is 0.401 e. The molecule has 0 bridgehead atoms. The van der Waals surface area contributed by atoms with Gasteiger partial charge in [0.15, 0.2) is 11.9 Å². The molecule has 2 rings (SSSR count). The second-order valence-electron chi connectivity index (χ2n) is 4.88. The highest BCUT2D eigenvalue weighted by Crippen LogP contribution is 2.28. The summed E-state index contributed by atoms with van der Waals surface area (Å²) in [7, 11) is 0. The van der Waals surface area contributed by atoms with Gasteiger partial charge in [-0.25, -0.2) is 10.2 Å². The van der Waals surface area contributed by atoms with Gasteiger partial charge in [-0.1, -0.05) is 34.8 Å². The number of hydrogen-bond donors (Lipinski definition) is 3. The van der Waals surface area contributed by atoms with Gasteiger partial charge in [0.1, 0.15) is 5.75 Å². The average molecular weight is 415 g/mol. The molecule has 0 aliphatic carbocycles. The molecule has 2 aromatic carbocycles. The van der Waals surface area contributed by atoms with Gasteiger partial charge in [-0.15, -0.1) is 0 Å². The molecule has 26 heavy (non-hydrogen) atoms. The Balaban J connectivity index is 2.49. The Morgan fingerprint density at radius 2 is 1.69 bits per heavy atom. The number of rotatable bonds is 7. The Kier molecular flexibility index (Phi) is 6.63. The lowest BCUT2D eigenvalue weighted by Crippen LogP contribution is -2.47. The number of aldehydes is 1. The van der Waals surface area contributed by atoms with Crippen LogP contribution in [0.25, 0.3) is 0 Å². The molecule has 2 aromatic rings. The first-order valence-corrected chi connectivity index (χ1v) is 8.16. The second-order valence-corrected chi connectivity index (χ2v) is 6.16. The largest absolute Gasteiger partial charge is 0.473 e. The van der Waals surface area contributed by atoms with E-state index >= 15 is 0 Å². The predicted octanol–water partition coefficient (Wildman–Crippen LogP) is 2.83. The molecule has 0 fully saturated rings. The zero-order valence-electron chi connectivity index (χ0n) is 13.0. The number of ether oxygens (including phenoxy) is 1. The van der Waals surface area contributed by atoms with Crippen LogP contribution in [-0.2, 0) is 9.59 Å². The molecule has 0 amide bonds. The number of nitrogens with two attached hydrogens (primary N) is 1. The maximum atomic E-state index is 11.4. The lowest BCUT2D eigenvalue weighted by molar-refractivity contribution is -0.147. The SMILES string of the molecule is [NH2+]=C(C(=O)O)/C(C=O)=C(\Nc1ccc(Cl)cc1Cl)Oc1ccc(Cl)cc1. The van der Waals surface area contributed by atoms with Crippen LogP contribution in [0, 0.1) is 0 Å². The van der Waals surface area contributed by atoms with Crippen molar-refractivity contribution in [2.24, 2.45) is 0 Å². The zero-order chi connectivity index (χ0) is 19.3. The Bertz CT molecular complexity index is 895. The van der Waals surface area contributed by atoms with E-state index in [-0.39, 0.29) is 17.2 Å². The fourth-order valence-corrected chi connectivity index (χ4v) is 2.42. The third-order valence-corrected chi connectivity index (χ3v) is 3.90. The molecule has 0 saturated heterocycles. The van der Waals surface area contributed by atoms with Crippen molar-refractivity contribution in [2.75, 3.05) is 5.32 Å². The van der Waals surface area contributed by atoms with Crippen molar-refractivity contribution in [3.63, 3.8) is 0 Å². The maximum absolute atomic E-state index is 11.4. The van der Waals surface area contributed by atoms with Gasteiger partial charge in [0, 0.05) is 10.0 Å². The molecule has 0 aliphatic heterocycles. The first kappa shape index (κ1) is 19.8. The summed E-state index contributed by atoms with van der Waals surface area (Å²) in [5.41, 5.74) is -0.752. The van der Waals surface area contributed by atoms with E-state index in [1.165, 1.54) is 24.3 Å². The molecule has 9 heteroatoms. The molecule has 4 N–H and O–H groups in total. The summed E-state index contributed by atoms with van der Waals surface area (Å²) in [5, 5.41) is 18.5. The predicted molar refractivity (Wildman–Crippen MR) is 99.8 cm³/mol. The van der Waals surface area contributed by atoms with Gasteiger partial charge in [-0.05, 0) is 42.5 Å². The zero-order valence-corrected chi connectivity index (χ0v) is 15.3. The fourth-order valence-electron chi connectivity index (χ4n) is 1.84. The fraction of sp³-hybridized carbons (Fsp3) is 0. The molecule has 0 aromatic heterocycles. The molecule has 6 nitrogen and oxygen atoms in total. The average Bonchev–Trinajstić information content (AvgIpc) is 2.59. The van der Waals surface area contributed by atoms with Crippen LogP contribution in [0.2, 0.25) is 15.1 Å². The standard InChI is InChI=1S/C17H11Cl3N2O4/c18-9-1-4-11(5-2-9)26-16(12(8-23)15(21)17(24)25)22-14-6-3-10(19)7-13(14)20/h1-8,21-22H,(H,24,25)/p+1/b16-12+,21-15?. The number of anilines is 1. The lowest BCUT2D eigenvalue weighted by Gasteiger charge is -2.15. The van der Waals surface area contributed by atoms with E-state index in [1.807, 2.05) is 0 Å². The monoisotopic (exact) mass is 413 g/mol. The highest BCUT2D eigenvalue weighted by atomic mass is 35.5. The van der Waals surface area contributed by atoms with Gasteiger partial charge in [-0.3, -0.25) is 4.79 Å². The van der Waals surface area contributed by atoms with E-state index in [0.29, 0.717) is 21.5 Å². The van der Waals surface area contributed by atoms with Crippen molar-refractivity contribution in [2.45, 2.75) is 0 Å². The van der Waals surface area contributed by atoms with Gasteiger partial charge >= 0.3 is 5.97 Å². The van der Waals surface area contributed by atoms with Crippen LogP contribution in [0.5, 0.6) is 5.75 Å². The summed E-state index contributed by atoms with van der Waals surface area (Å²) < 4.78 is 5.61. The number of carboxylic acid groups (broad SMARTS) is 1. The lowest BCUT2D eigenvalue weighted by atomic mass is 10.2. The highest BCUT2D eigenvalue weighted by Gasteiger charge is 2.25. The van der Waals surface area contributed by atoms with E-state index in [4.69, 9.17) is 50.1 Å². The first-order chi connectivity index (χ1) is 12.3. The van der Waals surface area contributed by atoms with Crippen LogP contribution in [0.3, 0.4) is 0 Å². The molecule has 0 radical (unpaired) electrons. The van der Waals surface area contributed by atoms with Crippen LogP contribution < -0.4 is 15.5 Å². The van der Waals surface area contributed by atoms with Gasteiger partial charge in [0.05, 0.1) is 10.7 Å². The minimum atomic E-state index is -1.48. The van der Waals surface area contributed by atoms with E-state index in [1.54, 1.807) is 18.2 Å². The van der Waals surface area contributed by atoms with E-state index in [0.717, 1.165) is 0 Å². The summed E-state index contributed by atoms with van der Waals surface area (Å²) in [4.78, 5) is 22.6. The van der Waals surface area contributed by atoms with Crippen molar-refractivity contribution < 1.29 is 24.8 Å². The van der Waals surface area contributed by atoms with Crippen LogP contribution in [-0.4, -0.2) is 23.1 Å². The van der Waals surface area contributed by atoms with Crippen molar-refractivity contribution in [1.82, 2.24) is 0 Å². The number of carbonyl (C=O) groups is 2. The van der Waals surface area contributed by atoms with Crippen molar-refractivity contribution in [1.29, 1.82) is 0 Å². The van der Waals surface area contributed by atoms with Crippen LogP contribution in [0.15, 0.2) is 53.9 Å². The summed E-state index contributed by atoms with van der Waals surface area (Å²) >= 11 is 17.8. The number of aliphatic carboxylic acids is 1. The van der Waals surface area contributed by atoms with E-state index < -0.39 is 17.3 Å². The third kappa shape index (κ3) is 4.98. The summed E-state index contributed by atoms with van der Waals surface area (Å²) in [6, 6.07) is 10.8. The Morgan fingerprint density at radius 3 is 2.23 bits per heavy atom. The minimum absolute atomic E-state index is 0.216. The topological polar surface area (TPSA) is 101 Å². The second kappa shape index (κ2) is 8.71. The highest BCUT2D eigenvalue weighted by molar-refractivity contribution is 6.44. The molecule has 0 saturated carbocycles. The van der Waals surface area contributed by atoms with Crippen LogP contribution in [0.4, 0.5) is 5.69 Å². The molecule has 0 spiro atoms. The minimum Gasteiger partial charge on any atom is -0.473 e. The van der Waals surface area contributed by atoms with Crippen molar-refractivity contribution in [3.05, 3.63) is 69.0 Å². The molecular weight excluding hydrogens is 403 g/mol. The first-order valence-electron chi connectivity index (χ1n) is 7.03. The smallest absolute Gasteiger partial charge is 0.401 e. The number of halogens is 3. The molecule has 0 aliphatic rings. The van der Waals surface area contributed by atoms with E-state index in [2.05, 4.69) is 5.32 Å². The van der Waals surface area contributed by atoms with Crippen molar-refractivity contribution in [3.8, 4) is 5.75 Å². The number of nitrogens with one attached hydrogen (secondary N) is 1. The quantitative estimate of drug-likeness (QED) is 0.280. The third-order valence-electron chi connectivity index (χ3n) is 3.10. The number of hydrogen-bond acceptors (Lipinski definition) is 4. The molecule has 134 valence electrons. The normalized spacial score (nSPS) is 11.3. The van der Waals surface area contributed by atoms with Crippen LogP contribution >= 0.6 is 34.8 Å². The Hall–Kier alpha value is -2.54. The molecule has 0 heterocycles. The van der Waals surface area contributed by atoms with E-state index in [9.17, 15) is 9.59 Å². The number of carbonyl (C=O) groups excluding carboxylic acids is 1. The number of carboxylic acids is 1. The van der Waals surface area contributed by atoms with Gasteiger partial charge in [-0.2, -0.15) is 0 Å². The molecule has 0 unspecified atom stereocenters. The molecule has 0 atom stereocenters. The summed E-state index contributed by atoms with van der Waals surface area (Å²) in [5.74, 6) is -1.40. The van der Waals surface area contributed by atoms with Gasteiger partial charge in [0.25, 0.3) is 5.71 Å². The van der Waals surface area contributed by atoms with Gasteiger partial charge in [0.2, 0.25) is 5.88 Å². The molecular formula is C17H12Cl3N2O4+. The summed E-state index contributed by atoms with van der Waals surface area (Å²) in [6.45, 7) is 0. The Morgan fingerprint density at radius 1 is 1.08 bits per heavy atom. The van der Waals surface area contributed by atoms with Crippen molar-refractivity contribution >= 4 is 58.5 Å². The summed E-state index contributed by atoms with van der Waals surface area (Å²) in [6.07, 6.45) is 0.269.